The van der Waals surface area contributed by atoms with Crippen LogP contribution in [0.2, 0.25) is 0 Å². The van der Waals surface area contributed by atoms with Gasteiger partial charge < -0.3 is 8.98 Å². The Morgan fingerprint density at radius 3 is 1.76 bits per heavy atom. The van der Waals surface area contributed by atoms with Crippen molar-refractivity contribution in [3.8, 4) is 28.3 Å². The van der Waals surface area contributed by atoms with Crippen molar-refractivity contribution in [3.63, 3.8) is 0 Å². The molecule has 0 saturated heterocycles. The Morgan fingerprint density at radius 2 is 1.04 bits per heavy atom. The largest absolute Gasteiger partial charge is 0.454 e. The highest BCUT2D eigenvalue weighted by molar-refractivity contribution is 6.29. The summed E-state index contributed by atoms with van der Waals surface area (Å²) in [5.74, 6) is 0.671. The van der Waals surface area contributed by atoms with Gasteiger partial charge in [0.05, 0.1) is 27.9 Å². The molecule has 0 radical (unpaired) electrons. The molecule has 0 aliphatic carbocycles. The molecule has 11 rings (SSSR count). The fraction of sp³-hybridized carbons (Fsp3) is 0. The summed E-state index contributed by atoms with van der Waals surface area (Å²) in [4.78, 5) is 10.4. The van der Waals surface area contributed by atoms with Crippen molar-refractivity contribution in [2.24, 2.45) is 0 Å². The van der Waals surface area contributed by atoms with Crippen molar-refractivity contribution in [3.05, 3.63) is 164 Å². The second-order valence-electron chi connectivity index (χ2n) is 12.9. The van der Waals surface area contributed by atoms with Crippen LogP contribution in [0.25, 0.3) is 105 Å². The van der Waals surface area contributed by atoms with Gasteiger partial charge in [0, 0.05) is 38.1 Å². The summed E-state index contributed by atoms with van der Waals surface area (Å²) < 4.78 is 9.25. The molecular weight excluding hydrogens is 611 g/mol. The molecule has 0 spiro atoms. The maximum atomic E-state index is 6.87. The zero-order valence-electron chi connectivity index (χ0n) is 26.8. The average molecular weight is 638 g/mol. The third kappa shape index (κ3) is 3.81. The Balaban J connectivity index is 1.27. The highest BCUT2D eigenvalue weighted by Crippen LogP contribution is 2.45. The molecule has 232 valence electrons. The second-order valence-corrected chi connectivity index (χ2v) is 12.9. The molecule has 0 amide bonds. The maximum Gasteiger partial charge on any atom is 0.161 e. The molecule has 3 heterocycles. The predicted molar refractivity (Wildman–Crippen MR) is 207 cm³/mol. The van der Waals surface area contributed by atoms with Gasteiger partial charge in [-0.25, -0.2) is 9.97 Å². The predicted octanol–water partition coefficient (Wildman–Crippen LogP) is 12.3. The van der Waals surface area contributed by atoms with Gasteiger partial charge >= 0.3 is 0 Å². The van der Waals surface area contributed by atoms with Gasteiger partial charge in [0.15, 0.2) is 11.4 Å². The Kier molecular flexibility index (Phi) is 5.63. The van der Waals surface area contributed by atoms with E-state index in [4.69, 9.17) is 14.4 Å². The molecule has 8 aromatic carbocycles. The molecule has 0 unspecified atom stereocenters. The molecule has 0 fully saturated rings. The van der Waals surface area contributed by atoms with Crippen LogP contribution >= 0.6 is 0 Å². The van der Waals surface area contributed by atoms with Crippen LogP contribution in [0.5, 0.6) is 0 Å². The fourth-order valence-electron chi connectivity index (χ4n) is 8.00. The van der Waals surface area contributed by atoms with E-state index in [1.165, 1.54) is 32.3 Å². The first kappa shape index (κ1) is 27.2. The average Bonchev–Trinajstić information content (AvgIpc) is 3.74. The van der Waals surface area contributed by atoms with Crippen molar-refractivity contribution < 1.29 is 4.42 Å². The Labute approximate surface area is 286 Å². The smallest absolute Gasteiger partial charge is 0.161 e. The minimum absolute atomic E-state index is 0.671. The zero-order valence-corrected chi connectivity index (χ0v) is 26.8. The van der Waals surface area contributed by atoms with Crippen LogP contribution in [0.3, 0.4) is 0 Å². The topological polar surface area (TPSA) is 43.9 Å². The fourth-order valence-corrected chi connectivity index (χ4v) is 8.00. The lowest BCUT2D eigenvalue weighted by Gasteiger charge is -2.13. The van der Waals surface area contributed by atoms with E-state index in [0.717, 1.165) is 66.4 Å². The summed E-state index contributed by atoms with van der Waals surface area (Å²) >= 11 is 0. The first-order valence-corrected chi connectivity index (χ1v) is 16.9. The molecule has 4 nitrogen and oxygen atoms in total. The van der Waals surface area contributed by atoms with E-state index < -0.39 is 0 Å². The molecular formula is C46H27N3O. The third-order valence-corrected chi connectivity index (χ3v) is 10.2. The minimum atomic E-state index is 0.671. The Morgan fingerprint density at radius 1 is 0.440 bits per heavy atom. The zero-order chi connectivity index (χ0) is 32.8. The van der Waals surface area contributed by atoms with Crippen LogP contribution in [0, 0.1) is 0 Å². The SMILES string of the molecule is c1ccc(-c2nc(-c3ccc(-n4c5ccc6ccccc6c5c5c6ccccc6ccc54)c4oc5ccccc5c34)nc3ccccc23)cc1. The normalized spacial score (nSPS) is 12.0. The quantitative estimate of drug-likeness (QED) is 0.194. The van der Waals surface area contributed by atoms with Crippen LogP contribution in [0.1, 0.15) is 0 Å². The van der Waals surface area contributed by atoms with Gasteiger partial charge in [-0.2, -0.15) is 0 Å². The minimum Gasteiger partial charge on any atom is -0.454 e. The summed E-state index contributed by atoms with van der Waals surface area (Å²) in [6.45, 7) is 0. The second kappa shape index (κ2) is 10.4. The van der Waals surface area contributed by atoms with Crippen molar-refractivity contribution in [1.82, 2.24) is 14.5 Å². The molecule has 4 heteroatoms. The maximum absolute atomic E-state index is 6.87. The van der Waals surface area contributed by atoms with Crippen molar-refractivity contribution in [2.45, 2.75) is 0 Å². The number of fused-ring (bicyclic) bond motifs is 11. The number of hydrogen-bond donors (Lipinski definition) is 0. The van der Waals surface area contributed by atoms with E-state index in [9.17, 15) is 0 Å². The highest BCUT2D eigenvalue weighted by atomic mass is 16.3. The monoisotopic (exact) mass is 637 g/mol. The standard InChI is InChI=1S/C46H27N3O/c1-2-14-30(15-3-1)44-33-18-8-10-20-36(33)47-46(48-44)35-24-27-39(45-41(35)34-19-9-11-21-40(34)50-45)49-37-25-22-28-12-4-6-16-31(28)42(37)43-32-17-7-5-13-29(32)23-26-38(43)49/h1-27H. The van der Waals surface area contributed by atoms with Crippen molar-refractivity contribution in [1.29, 1.82) is 0 Å². The van der Waals surface area contributed by atoms with E-state index >= 15 is 0 Å². The highest BCUT2D eigenvalue weighted by Gasteiger charge is 2.23. The van der Waals surface area contributed by atoms with Crippen LogP contribution in [-0.2, 0) is 0 Å². The molecule has 0 saturated carbocycles. The number of furan rings is 1. The molecule has 50 heavy (non-hydrogen) atoms. The van der Waals surface area contributed by atoms with Gasteiger partial charge in [-0.1, -0.05) is 127 Å². The molecule has 0 N–H and O–H groups in total. The lowest BCUT2D eigenvalue weighted by molar-refractivity contribution is 0.666. The summed E-state index contributed by atoms with van der Waals surface area (Å²) in [5.41, 5.74) is 8.71. The van der Waals surface area contributed by atoms with Gasteiger partial charge in [0.2, 0.25) is 0 Å². The number of nitrogens with zero attached hydrogens (tertiary/aromatic N) is 3. The molecule has 3 aromatic heterocycles. The van der Waals surface area contributed by atoms with Crippen LogP contribution in [-0.4, -0.2) is 14.5 Å². The lowest BCUT2D eigenvalue weighted by Crippen LogP contribution is -1.98. The number of benzene rings is 8. The van der Waals surface area contributed by atoms with Crippen molar-refractivity contribution >= 4 is 76.2 Å². The summed E-state index contributed by atoms with van der Waals surface area (Å²) in [5, 5.41) is 10.5. The van der Waals surface area contributed by atoms with Crippen LogP contribution < -0.4 is 0 Å². The van der Waals surface area contributed by atoms with Crippen LogP contribution in [0.15, 0.2) is 168 Å². The Hall–Kier alpha value is -6.78. The van der Waals surface area contributed by atoms with Gasteiger partial charge in [0.1, 0.15) is 5.58 Å². The van der Waals surface area contributed by atoms with E-state index in [2.05, 4.69) is 138 Å². The Bertz CT molecular complexity index is 3060. The van der Waals surface area contributed by atoms with E-state index in [-0.39, 0.29) is 0 Å². The lowest BCUT2D eigenvalue weighted by atomic mass is 10.00. The number of hydrogen-bond acceptors (Lipinski definition) is 3. The summed E-state index contributed by atoms with van der Waals surface area (Å²) in [7, 11) is 0. The number of para-hydroxylation sites is 2. The van der Waals surface area contributed by atoms with Crippen LogP contribution in [0.4, 0.5) is 0 Å². The van der Waals surface area contributed by atoms with Gasteiger partial charge in [0.25, 0.3) is 0 Å². The van der Waals surface area contributed by atoms with Gasteiger partial charge in [-0.3, -0.25) is 0 Å². The molecule has 11 aromatic rings. The van der Waals surface area contributed by atoms with E-state index in [0.29, 0.717) is 5.82 Å². The first-order chi connectivity index (χ1) is 24.8. The molecule has 0 aliphatic rings. The van der Waals surface area contributed by atoms with Crippen molar-refractivity contribution in [2.75, 3.05) is 0 Å². The van der Waals surface area contributed by atoms with Gasteiger partial charge in [-0.15, -0.1) is 0 Å². The van der Waals surface area contributed by atoms with E-state index in [1.807, 2.05) is 30.3 Å². The number of aromatic nitrogens is 3. The third-order valence-electron chi connectivity index (χ3n) is 10.2. The summed E-state index contributed by atoms with van der Waals surface area (Å²) in [6.07, 6.45) is 0. The molecule has 0 atom stereocenters. The molecule has 0 bridgehead atoms. The summed E-state index contributed by atoms with van der Waals surface area (Å²) in [6, 6.07) is 57.6. The molecule has 0 aliphatic heterocycles. The number of rotatable bonds is 3. The van der Waals surface area contributed by atoms with Gasteiger partial charge in [-0.05, 0) is 57.9 Å². The first-order valence-electron chi connectivity index (χ1n) is 16.9. The van der Waals surface area contributed by atoms with E-state index in [1.54, 1.807) is 0 Å².